The number of allylic oxidation sites excluding steroid dienone is 1. The molecule has 0 aromatic carbocycles. The fourth-order valence-electron chi connectivity index (χ4n) is 3.22. The van der Waals surface area contributed by atoms with Crippen molar-refractivity contribution in [1.82, 2.24) is 0 Å². The van der Waals surface area contributed by atoms with Crippen LogP contribution in [0.2, 0.25) is 0 Å². The summed E-state index contributed by atoms with van der Waals surface area (Å²) in [6.45, 7) is 4.51. The maximum atomic E-state index is 9.89. The number of unbranched alkanes of at least 4 members (excludes halogenated alkanes) is 14. The average Bonchev–Trinajstić information content (AvgIpc) is 2.59. The third-order valence-corrected chi connectivity index (χ3v) is 4.94. The van der Waals surface area contributed by atoms with Crippen LogP contribution < -0.4 is 0 Å². The summed E-state index contributed by atoms with van der Waals surface area (Å²) in [5.41, 5.74) is 0. The van der Waals surface area contributed by atoms with Crippen LogP contribution in [0.15, 0.2) is 12.2 Å². The first-order valence-electron chi connectivity index (χ1n) is 11.1. The molecule has 0 saturated carbocycles. The minimum absolute atomic E-state index is 0.115. The fraction of sp³-hybridized carbons (Fsp3) is 0.913. The Morgan fingerprint density at radius 3 is 1.58 bits per heavy atom. The van der Waals surface area contributed by atoms with Gasteiger partial charge in [0, 0.05) is 0 Å². The van der Waals surface area contributed by atoms with E-state index in [1.807, 2.05) is 0 Å². The van der Waals surface area contributed by atoms with Crippen molar-refractivity contribution in [1.29, 1.82) is 0 Å². The lowest BCUT2D eigenvalue weighted by atomic mass is 10.0. The van der Waals surface area contributed by atoms with Gasteiger partial charge in [-0.25, -0.2) is 0 Å². The van der Waals surface area contributed by atoms with Gasteiger partial charge in [0.25, 0.3) is 0 Å². The van der Waals surface area contributed by atoms with Crippen LogP contribution in [0.3, 0.4) is 0 Å². The smallest absolute Gasteiger partial charge is 0.0574 e. The lowest BCUT2D eigenvalue weighted by Gasteiger charge is -2.07. The van der Waals surface area contributed by atoms with Gasteiger partial charge in [0.1, 0.15) is 0 Å². The molecule has 0 fully saturated rings. The number of aliphatic hydroxyl groups excluding tert-OH is 1. The molecule has 0 aliphatic rings. The highest BCUT2D eigenvalue weighted by Crippen LogP contribution is 2.12. The van der Waals surface area contributed by atoms with Gasteiger partial charge >= 0.3 is 0 Å². The fourth-order valence-corrected chi connectivity index (χ4v) is 3.22. The maximum absolute atomic E-state index is 9.89. The third-order valence-electron chi connectivity index (χ3n) is 4.94. The zero-order valence-corrected chi connectivity index (χ0v) is 16.9. The van der Waals surface area contributed by atoms with E-state index < -0.39 is 0 Å². The predicted molar refractivity (Wildman–Crippen MR) is 110 cm³/mol. The molecule has 1 unspecified atom stereocenters. The van der Waals surface area contributed by atoms with Gasteiger partial charge < -0.3 is 5.11 Å². The van der Waals surface area contributed by atoms with Gasteiger partial charge in [0.2, 0.25) is 0 Å². The van der Waals surface area contributed by atoms with E-state index in [0.29, 0.717) is 0 Å². The van der Waals surface area contributed by atoms with E-state index in [1.165, 1.54) is 103 Å². The average molecular weight is 339 g/mol. The van der Waals surface area contributed by atoms with Gasteiger partial charge in [0.15, 0.2) is 0 Å². The van der Waals surface area contributed by atoms with Crippen molar-refractivity contribution in [3.05, 3.63) is 12.2 Å². The lowest BCUT2D eigenvalue weighted by Crippen LogP contribution is -2.04. The van der Waals surface area contributed by atoms with E-state index in [2.05, 4.69) is 26.0 Å². The Labute approximate surface area is 153 Å². The van der Waals surface area contributed by atoms with Crippen molar-refractivity contribution in [2.45, 2.75) is 136 Å². The highest BCUT2D eigenvalue weighted by Gasteiger charge is 2.00. The Morgan fingerprint density at radius 1 is 0.583 bits per heavy atom. The molecule has 0 rings (SSSR count). The molecule has 1 nitrogen and oxygen atoms in total. The van der Waals surface area contributed by atoms with Gasteiger partial charge in [0.05, 0.1) is 6.10 Å². The van der Waals surface area contributed by atoms with Crippen LogP contribution in [0.4, 0.5) is 0 Å². The van der Waals surface area contributed by atoms with Crippen molar-refractivity contribution in [2.75, 3.05) is 0 Å². The van der Waals surface area contributed by atoms with Crippen molar-refractivity contribution < 1.29 is 5.11 Å². The van der Waals surface area contributed by atoms with Crippen molar-refractivity contribution in [3.8, 4) is 0 Å². The zero-order chi connectivity index (χ0) is 17.7. The van der Waals surface area contributed by atoms with Gasteiger partial charge in [-0.3, -0.25) is 0 Å². The molecule has 144 valence electrons. The summed E-state index contributed by atoms with van der Waals surface area (Å²) < 4.78 is 0. The predicted octanol–water partition coefficient (Wildman–Crippen LogP) is 7.97. The maximum Gasteiger partial charge on any atom is 0.0574 e. The Hall–Kier alpha value is -0.300. The first-order valence-corrected chi connectivity index (χ1v) is 11.1. The minimum atomic E-state index is -0.115. The Bertz CT molecular complexity index is 246. The van der Waals surface area contributed by atoms with E-state index in [1.54, 1.807) is 0 Å². The third kappa shape index (κ3) is 19.7. The van der Waals surface area contributed by atoms with Crippen LogP contribution in [0.5, 0.6) is 0 Å². The van der Waals surface area contributed by atoms with Crippen molar-refractivity contribution in [2.24, 2.45) is 0 Å². The first kappa shape index (κ1) is 23.7. The molecule has 0 heterocycles. The summed E-state index contributed by atoms with van der Waals surface area (Å²) in [5.74, 6) is 0. The second-order valence-electron chi connectivity index (χ2n) is 7.53. The molecule has 0 aromatic rings. The highest BCUT2D eigenvalue weighted by molar-refractivity contribution is 4.84. The summed E-state index contributed by atoms with van der Waals surface area (Å²) in [6.07, 6.45) is 27.9. The van der Waals surface area contributed by atoms with Crippen LogP contribution in [-0.2, 0) is 0 Å². The molecule has 0 aliphatic carbocycles. The highest BCUT2D eigenvalue weighted by atomic mass is 16.3. The standard InChI is InChI=1S/C23H46O/c1-3-5-7-9-10-11-12-13-14-15-16-17-18-20-22-23(24)21-19-8-6-4-2/h18,20,23-24H,3-17,19,21-22H2,1-2H3. The van der Waals surface area contributed by atoms with Crippen LogP contribution >= 0.6 is 0 Å². The number of aliphatic hydroxyl groups is 1. The minimum Gasteiger partial charge on any atom is -0.393 e. The van der Waals surface area contributed by atoms with Crippen LogP contribution in [0, 0.1) is 0 Å². The lowest BCUT2D eigenvalue weighted by molar-refractivity contribution is 0.163. The van der Waals surface area contributed by atoms with E-state index in [-0.39, 0.29) is 6.10 Å². The number of rotatable bonds is 19. The summed E-state index contributed by atoms with van der Waals surface area (Å²) in [4.78, 5) is 0. The van der Waals surface area contributed by atoms with Crippen LogP contribution in [-0.4, -0.2) is 11.2 Å². The quantitative estimate of drug-likeness (QED) is 0.187. The van der Waals surface area contributed by atoms with E-state index in [0.717, 1.165) is 12.8 Å². The van der Waals surface area contributed by atoms with E-state index >= 15 is 0 Å². The van der Waals surface area contributed by atoms with Crippen LogP contribution in [0.1, 0.15) is 129 Å². The molecule has 24 heavy (non-hydrogen) atoms. The number of hydrogen-bond donors (Lipinski definition) is 1. The van der Waals surface area contributed by atoms with Gasteiger partial charge in [-0.15, -0.1) is 0 Å². The summed E-state index contributed by atoms with van der Waals surface area (Å²) >= 11 is 0. The van der Waals surface area contributed by atoms with Gasteiger partial charge in [-0.2, -0.15) is 0 Å². The van der Waals surface area contributed by atoms with Crippen molar-refractivity contribution in [3.63, 3.8) is 0 Å². The Balaban J connectivity index is 3.17. The molecule has 0 saturated heterocycles. The molecule has 0 bridgehead atoms. The second-order valence-corrected chi connectivity index (χ2v) is 7.53. The molecular formula is C23H46O. The molecule has 0 aromatic heterocycles. The van der Waals surface area contributed by atoms with E-state index in [9.17, 15) is 5.11 Å². The summed E-state index contributed by atoms with van der Waals surface area (Å²) in [7, 11) is 0. The molecule has 0 amide bonds. The summed E-state index contributed by atoms with van der Waals surface area (Å²) in [6, 6.07) is 0. The topological polar surface area (TPSA) is 20.2 Å². The molecule has 0 spiro atoms. The molecule has 1 atom stereocenters. The SMILES string of the molecule is CCCCCCCCCCCCCC=CCC(O)CCCCCC. The normalized spacial score (nSPS) is 13.0. The largest absolute Gasteiger partial charge is 0.393 e. The number of hydrogen-bond acceptors (Lipinski definition) is 1. The van der Waals surface area contributed by atoms with E-state index in [4.69, 9.17) is 0 Å². The zero-order valence-electron chi connectivity index (χ0n) is 16.9. The molecule has 1 N–H and O–H groups in total. The molecular weight excluding hydrogens is 292 g/mol. The van der Waals surface area contributed by atoms with Gasteiger partial charge in [-0.1, -0.05) is 116 Å². The molecule has 0 radical (unpaired) electrons. The Kier molecular flexibility index (Phi) is 20.5. The molecule has 1 heteroatoms. The van der Waals surface area contributed by atoms with Crippen molar-refractivity contribution >= 4 is 0 Å². The first-order chi connectivity index (χ1) is 11.8. The van der Waals surface area contributed by atoms with Crippen LogP contribution in [0.25, 0.3) is 0 Å². The second kappa shape index (κ2) is 20.7. The van der Waals surface area contributed by atoms with Gasteiger partial charge in [-0.05, 0) is 25.7 Å². The monoisotopic (exact) mass is 338 g/mol. The Morgan fingerprint density at radius 2 is 1.04 bits per heavy atom. The molecule has 0 aliphatic heterocycles. The summed E-state index contributed by atoms with van der Waals surface area (Å²) in [5, 5.41) is 9.89.